The summed E-state index contributed by atoms with van der Waals surface area (Å²) in [6.07, 6.45) is 0. The van der Waals surface area contributed by atoms with Gasteiger partial charge in [0.25, 0.3) is 0 Å². The topological polar surface area (TPSA) is 135 Å². The lowest BCUT2D eigenvalue weighted by Crippen LogP contribution is -2.02. The molecule has 9 N–H and O–H groups in total. The molecule has 0 aliphatic heterocycles. The molecule has 0 bridgehead atoms. The van der Waals surface area contributed by atoms with Crippen molar-refractivity contribution < 1.29 is 9.47 Å². The molecular formula is C14H19N5O2. The van der Waals surface area contributed by atoms with Crippen LogP contribution in [0, 0.1) is 0 Å². The Morgan fingerprint density at radius 2 is 0.952 bits per heavy atom. The SMILES string of the molecule is COc1c(N)cc(Nc2cc(N)c(OC)c(N)c2)cc1N. The highest BCUT2D eigenvalue weighted by atomic mass is 16.5. The first-order valence-corrected chi connectivity index (χ1v) is 6.19. The van der Waals surface area contributed by atoms with E-state index in [1.54, 1.807) is 24.3 Å². The van der Waals surface area contributed by atoms with Gasteiger partial charge in [-0.05, 0) is 24.3 Å². The minimum atomic E-state index is 0.439. The van der Waals surface area contributed by atoms with Crippen LogP contribution >= 0.6 is 0 Å². The van der Waals surface area contributed by atoms with Gasteiger partial charge in [0.15, 0.2) is 11.5 Å². The lowest BCUT2D eigenvalue weighted by atomic mass is 10.2. The Labute approximate surface area is 122 Å². The Hall–Kier alpha value is -2.96. The van der Waals surface area contributed by atoms with Gasteiger partial charge in [-0.25, -0.2) is 0 Å². The Bertz CT molecular complexity index is 569. The number of nitrogens with two attached hydrogens (primary N) is 4. The number of anilines is 6. The first-order chi connectivity index (χ1) is 9.96. The maximum atomic E-state index is 5.88. The number of nitrogens with one attached hydrogen (secondary N) is 1. The third kappa shape index (κ3) is 2.81. The highest BCUT2D eigenvalue weighted by Gasteiger charge is 2.10. The van der Waals surface area contributed by atoms with Gasteiger partial charge in [0.1, 0.15) is 0 Å². The zero-order chi connectivity index (χ0) is 15.6. The van der Waals surface area contributed by atoms with Crippen molar-refractivity contribution in [3.8, 4) is 11.5 Å². The summed E-state index contributed by atoms with van der Waals surface area (Å²) in [5.41, 5.74) is 26.7. The smallest absolute Gasteiger partial charge is 0.164 e. The first-order valence-electron chi connectivity index (χ1n) is 6.19. The molecule has 0 unspecified atom stereocenters. The summed E-state index contributed by atoms with van der Waals surface area (Å²) < 4.78 is 10.2. The summed E-state index contributed by atoms with van der Waals surface area (Å²) in [5, 5.41) is 3.14. The molecule has 0 fully saturated rings. The van der Waals surface area contributed by atoms with E-state index < -0.39 is 0 Å². The van der Waals surface area contributed by atoms with Gasteiger partial charge in [0.2, 0.25) is 0 Å². The fraction of sp³-hybridized carbons (Fsp3) is 0.143. The van der Waals surface area contributed by atoms with Crippen LogP contribution in [-0.4, -0.2) is 14.2 Å². The Balaban J connectivity index is 2.35. The molecule has 7 heteroatoms. The van der Waals surface area contributed by atoms with E-state index in [1.807, 2.05) is 0 Å². The van der Waals surface area contributed by atoms with Gasteiger partial charge in [-0.15, -0.1) is 0 Å². The summed E-state index contributed by atoms with van der Waals surface area (Å²) in [7, 11) is 3.03. The van der Waals surface area contributed by atoms with E-state index in [2.05, 4.69) is 5.32 Å². The fourth-order valence-electron chi connectivity index (χ4n) is 2.13. The average Bonchev–Trinajstić information content (AvgIpc) is 2.38. The van der Waals surface area contributed by atoms with Crippen LogP contribution in [0.2, 0.25) is 0 Å². The van der Waals surface area contributed by atoms with Crippen molar-refractivity contribution in [2.24, 2.45) is 0 Å². The Morgan fingerprint density at radius 1 is 0.667 bits per heavy atom. The Kier molecular flexibility index (Phi) is 3.84. The van der Waals surface area contributed by atoms with Crippen LogP contribution in [-0.2, 0) is 0 Å². The van der Waals surface area contributed by atoms with Crippen LogP contribution in [0.4, 0.5) is 34.1 Å². The second-order valence-corrected chi connectivity index (χ2v) is 4.50. The molecule has 2 rings (SSSR count). The second-order valence-electron chi connectivity index (χ2n) is 4.50. The molecule has 0 aliphatic rings. The fourth-order valence-corrected chi connectivity index (χ4v) is 2.13. The average molecular weight is 289 g/mol. The van der Waals surface area contributed by atoms with Crippen molar-refractivity contribution in [3.63, 3.8) is 0 Å². The van der Waals surface area contributed by atoms with Crippen LogP contribution in [0.3, 0.4) is 0 Å². The predicted octanol–water partition coefficient (Wildman–Crippen LogP) is 1.78. The lowest BCUT2D eigenvalue weighted by molar-refractivity contribution is 0.419. The maximum absolute atomic E-state index is 5.88. The highest BCUT2D eigenvalue weighted by Crippen LogP contribution is 2.36. The van der Waals surface area contributed by atoms with Gasteiger partial charge in [0, 0.05) is 11.4 Å². The summed E-state index contributed by atoms with van der Waals surface area (Å²) in [4.78, 5) is 0. The van der Waals surface area contributed by atoms with E-state index in [-0.39, 0.29) is 0 Å². The maximum Gasteiger partial charge on any atom is 0.164 e. The quantitative estimate of drug-likeness (QED) is 0.541. The molecule has 0 saturated heterocycles. The van der Waals surface area contributed by atoms with Gasteiger partial charge >= 0.3 is 0 Å². The zero-order valence-corrected chi connectivity index (χ0v) is 11.9. The number of nitrogen functional groups attached to an aromatic ring is 4. The standard InChI is InChI=1S/C14H19N5O2/c1-20-13-9(15)3-7(4-10(13)16)19-8-5-11(17)14(21-2)12(18)6-8/h3-6,19H,15-18H2,1-2H3. The van der Waals surface area contributed by atoms with Crippen molar-refractivity contribution in [3.05, 3.63) is 24.3 Å². The summed E-state index contributed by atoms with van der Waals surface area (Å²) in [5.74, 6) is 0.906. The molecule has 2 aromatic carbocycles. The highest BCUT2D eigenvalue weighted by molar-refractivity contribution is 5.80. The Morgan fingerprint density at radius 3 is 1.19 bits per heavy atom. The van der Waals surface area contributed by atoms with Crippen molar-refractivity contribution >= 4 is 34.1 Å². The molecule has 0 amide bonds. The number of hydrogen-bond donors (Lipinski definition) is 5. The van der Waals surface area contributed by atoms with Crippen LogP contribution in [0.1, 0.15) is 0 Å². The number of benzene rings is 2. The van der Waals surface area contributed by atoms with E-state index in [1.165, 1.54) is 14.2 Å². The number of methoxy groups -OCH3 is 2. The number of ether oxygens (including phenoxy) is 2. The molecule has 0 radical (unpaired) electrons. The molecule has 7 nitrogen and oxygen atoms in total. The van der Waals surface area contributed by atoms with E-state index in [4.69, 9.17) is 32.4 Å². The molecule has 0 spiro atoms. The lowest BCUT2D eigenvalue weighted by Gasteiger charge is -2.14. The third-order valence-electron chi connectivity index (χ3n) is 2.99. The van der Waals surface area contributed by atoms with Crippen LogP contribution in [0.15, 0.2) is 24.3 Å². The molecule has 2 aromatic rings. The van der Waals surface area contributed by atoms with Crippen molar-refractivity contribution in [2.75, 3.05) is 42.5 Å². The van der Waals surface area contributed by atoms with Crippen LogP contribution in [0.5, 0.6) is 11.5 Å². The number of hydrogen-bond acceptors (Lipinski definition) is 7. The number of rotatable bonds is 4. The molecule has 0 aliphatic carbocycles. The van der Waals surface area contributed by atoms with Gasteiger partial charge in [-0.3, -0.25) is 0 Å². The molecular weight excluding hydrogens is 270 g/mol. The van der Waals surface area contributed by atoms with E-state index in [0.29, 0.717) is 45.6 Å². The van der Waals surface area contributed by atoms with Gasteiger partial charge < -0.3 is 37.7 Å². The second kappa shape index (κ2) is 5.58. The molecule has 0 saturated carbocycles. The minimum absolute atomic E-state index is 0.439. The predicted molar refractivity (Wildman–Crippen MR) is 86.9 cm³/mol. The normalized spacial score (nSPS) is 10.2. The summed E-state index contributed by atoms with van der Waals surface area (Å²) >= 11 is 0. The monoisotopic (exact) mass is 289 g/mol. The van der Waals surface area contributed by atoms with Crippen LogP contribution < -0.4 is 37.7 Å². The van der Waals surface area contributed by atoms with Crippen molar-refractivity contribution in [1.29, 1.82) is 0 Å². The largest absolute Gasteiger partial charge is 0.492 e. The van der Waals surface area contributed by atoms with Gasteiger partial charge in [-0.1, -0.05) is 0 Å². The zero-order valence-electron chi connectivity index (χ0n) is 11.9. The van der Waals surface area contributed by atoms with Crippen LogP contribution in [0.25, 0.3) is 0 Å². The van der Waals surface area contributed by atoms with E-state index in [9.17, 15) is 0 Å². The third-order valence-corrected chi connectivity index (χ3v) is 2.99. The van der Waals surface area contributed by atoms with Gasteiger partial charge in [-0.2, -0.15) is 0 Å². The molecule has 0 heterocycles. The molecule has 0 aromatic heterocycles. The molecule has 21 heavy (non-hydrogen) atoms. The van der Waals surface area contributed by atoms with E-state index >= 15 is 0 Å². The van der Waals surface area contributed by atoms with Crippen molar-refractivity contribution in [1.82, 2.24) is 0 Å². The van der Waals surface area contributed by atoms with E-state index in [0.717, 1.165) is 0 Å². The van der Waals surface area contributed by atoms with Gasteiger partial charge in [0.05, 0.1) is 37.0 Å². The summed E-state index contributed by atoms with van der Waals surface area (Å²) in [6.45, 7) is 0. The molecule has 0 atom stereocenters. The minimum Gasteiger partial charge on any atom is -0.492 e. The van der Waals surface area contributed by atoms with Crippen molar-refractivity contribution in [2.45, 2.75) is 0 Å². The summed E-state index contributed by atoms with van der Waals surface area (Å²) in [6, 6.07) is 6.86. The first kappa shape index (κ1) is 14.4. The molecule has 112 valence electrons.